The summed E-state index contributed by atoms with van der Waals surface area (Å²) in [4.78, 5) is 14.6. The zero-order valence-electron chi connectivity index (χ0n) is 13.7. The van der Waals surface area contributed by atoms with E-state index in [0.717, 1.165) is 44.1 Å². The van der Waals surface area contributed by atoms with Gasteiger partial charge in [-0.1, -0.05) is 6.07 Å². The predicted octanol–water partition coefficient (Wildman–Crippen LogP) is 1.74. The summed E-state index contributed by atoms with van der Waals surface area (Å²) in [6.07, 6.45) is 1.54. The summed E-state index contributed by atoms with van der Waals surface area (Å²) in [5.74, 6) is 2.95. The van der Waals surface area contributed by atoms with Crippen LogP contribution in [0.15, 0.2) is 18.2 Å². The number of likely N-dealkylation sites (tertiary alicyclic amines) is 1. The molecule has 2 fully saturated rings. The van der Waals surface area contributed by atoms with Gasteiger partial charge in [-0.3, -0.25) is 4.79 Å². The van der Waals surface area contributed by atoms with Crippen molar-refractivity contribution in [1.82, 2.24) is 10.2 Å². The molecule has 2 unspecified atom stereocenters. The molecular weight excluding hydrogens is 316 g/mol. The van der Waals surface area contributed by atoms with Crippen molar-refractivity contribution in [3.05, 3.63) is 23.8 Å². The second-order valence-electron chi connectivity index (χ2n) is 6.17. The van der Waals surface area contributed by atoms with E-state index in [1.165, 1.54) is 0 Å². The number of carbonyl (C=O) groups is 1. The smallest absolute Gasteiger partial charge is 0.227 e. The van der Waals surface area contributed by atoms with Crippen molar-refractivity contribution in [1.29, 1.82) is 0 Å². The van der Waals surface area contributed by atoms with Crippen LogP contribution in [0.1, 0.15) is 12.0 Å². The number of halogens is 1. The van der Waals surface area contributed by atoms with Gasteiger partial charge in [0.2, 0.25) is 5.91 Å². The van der Waals surface area contributed by atoms with Crippen LogP contribution in [0, 0.1) is 11.8 Å². The minimum atomic E-state index is 0. The highest BCUT2D eigenvalue weighted by Crippen LogP contribution is 2.29. The van der Waals surface area contributed by atoms with E-state index in [4.69, 9.17) is 9.47 Å². The van der Waals surface area contributed by atoms with Crippen LogP contribution in [0.3, 0.4) is 0 Å². The number of amides is 1. The molecule has 3 rings (SSSR count). The van der Waals surface area contributed by atoms with Gasteiger partial charge in [-0.15, -0.1) is 12.4 Å². The van der Waals surface area contributed by atoms with Crippen molar-refractivity contribution in [3.63, 3.8) is 0 Å². The molecule has 6 heteroatoms. The van der Waals surface area contributed by atoms with Gasteiger partial charge in [0.1, 0.15) is 0 Å². The number of piperidine rings is 1. The fraction of sp³-hybridized carbons (Fsp3) is 0.588. The number of hydrogen-bond donors (Lipinski definition) is 1. The van der Waals surface area contributed by atoms with Gasteiger partial charge in [-0.05, 0) is 49.0 Å². The molecule has 128 valence electrons. The average molecular weight is 341 g/mol. The molecule has 2 aliphatic heterocycles. The highest BCUT2D eigenvalue weighted by Gasteiger charge is 2.34. The van der Waals surface area contributed by atoms with E-state index < -0.39 is 0 Å². The normalized spacial score (nSPS) is 23.0. The SMILES string of the molecule is COc1ccc(CC(=O)N2CCC3CNCC3C2)cc1OC.Cl. The molecule has 0 aliphatic carbocycles. The lowest BCUT2D eigenvalue weighted by Gasteiger charge is -2.34. The Morgan fingerprint density at radius 1 is 1.22 bits per heavy atom. The molecule has 2 heterocycles. The molecule has 1 N–H and O–H groups in total. The van der Waals surface area contributed by atoms with Gasteiger partial charge in [-0.25, -0.2) is 0 Å². The van der Waals surface area contributed by atoms with Crippen molar-refractivity contribution in [3.8, 4) is 11.5 Å². The summed E-state index contributed by atoms with van der Waals surface area (Å²) in [6, 6.07) is 5.68. The van der Waals surface area contributed by atoms with E-state index in [-0.39, 0.29) is 18.3 Å². The number of carbonyl (C=O) groups excluding carboxylic acids is 1. The number of hydrogen-bond acceptors (Lipinski definition) is 4. The predicted molar refractivity (Wildman–Crippen MR) is 91.5 cm³/mol. The summed E-state index contributed by atoms with van der Waals surface area (Å²) in [5, 5.41) is 3.43. The molecule has 2 aliphatic rings. The summed E-state index contributed by atoms with van der Waals surface area (Å²) >= 11 is 0. The molecule has 1 aromatic rings. The van der Waals surface area contributed by atoms with Crippen molar-refractivity contribution < 1.29 is 14.3 Å². The Kier molecular flexibility index (Phi) is 6.13. The first kappa shape index (κ1) is 17.9. The Hall–Kier alpha value is -1.46. The minimum absolute atomic E-state index is 0. The number of nitrogens with zero attached hydrogens (tertiary/aromatic N) is 1. The standard InChI is InChI=1S/C17H24N2O3.ClH/c1-21-15-4-3-12(7-16(15)22-2)8-17(20)19-6-5-13-9-18-10-14(13)11-19;/h3-4,7,13-14,18H,5-6,8-11H2,1-2H3;1H. The number of nitrogens with one attached hydrogen (secondary N) is 1. The largest absolute Gasteiger partial charge is 0.493 e. The van der Waals surface area contributed by atoms with E-state index >= 15 is 0 Å². The van der Waals surface area contributed by atoms with Crippen LogP contribution in [-0.4, -0.2) is 51.2 Å². The summed E-state index contributed by atoms with van der Waals surface area (Å²) in [5.41, 5.74) is 0.967. The quantitative estimate of drug-likeness (QED) is 0.907. The highest BCUT2D eigenvalue weighted by atomic mass is 35.5. The van der Waals surface area contributed by atoms with Gasteiger partial charge in [-0.2, -0.15) is 0 Å². The topological polar surface area (TPSA) is 50.8 Å². The number of methoxy groups -OCH3 is 2. The Morgan fingerprint density at radius 2 is 1.96 bits per heavy atom. The summed E-state index contributed by atoms with van der Waals surface area (Å²) < 4.78 is 10.5. The van der Waals surface area contributed by atoms with E-state index in [9.17, 15) is 4.79 Å². The first-order valence-corrected chi connectivity index (χ1v) is 7.90. The van der Waals surface area contributed by atoms with Gasteiger partial charge < -0.3 is 19.7 Å². The van der Waals surface area contributed by atoms with E-state index in [1.807, 2.05) is 23.1 Å². The van der Waals surface area contributed by atoms with Crippen molar-refractivity contribution in [2.75, 3.05) is 40.4 Å². The Bertz CT molecular complexity index is 553. The van der Waals surface area contributed by atoms with Crippen LogP contribution in [0.5, 0.6) is 11.5 Å². The van der Waals surface area contributed by atoms with Crippen molar-refractivity contribution in [2.45, 2.75) is 12.8 Å². The van der Waals surface area contributed by atoms with Gasteiger partial charge in [0.05, 0.1) is 20.6 Å². The molecule has 1 aromatic carbocycles. The lowest BCUT2D eigenvalue weighted by atomic mass is 9.88. The van der Waals surface area contributed by atoms with Crippen molar-refractivity contribution >= 4 is 18.3 Å². The van der Waals surface area contributed by atoms with E-state index in [2.05, 4.69) is 5.32 Å². The zero-order chi connectivity index (χ0) is 15.5. The monoisotopic (exact) mass is 340 g/mol. The Morgan fingerprint density at radius 3 is 2.70 bits per heavy atom. The highest BCUT2D eigenvalue weighted by molar-refractivity contribution is 5.85. The molecule has 0 spiro atoms. The molecule has 0 aromatic heterocycles. The summed E-state index contributed by atoms with van der Waals surface area (Å²) in [6.45, 7) is 3.94. The summed E-state index contributed by atoms with van der Waals surface area (Å²) in [7, 11) is 3.23. The number of ether oxygens (including phenoxy) is 2. The fourth-order valence-corrected chi connectivity index (χ4v) is 3.54. The van der Waals surface area contributed by atoms with Gasteiger partial charge in [0, 0.05) is 13.1 Å². The molecule has 2 saturated heterocycles. The third-order valence-corrected chi connectivity index (χ3v) is 4.86. The zero-order valence-corrected chi connectivity index (χ0v) is 14.5. The second-order valence-corrected chi connectivity index (χ2v) is 6.17. The second kappa shape index (κ2) is 7.88. The van der Waals surface area contributed by atoms with Gasteiger partial charge in [0.15, 0.2) is 11.5 Å². The van der Waals surface area contributed by atoms with Crippen LogP contribution in [0.25, 0.3) is 0 Å². The third-order valence-electron chi connectivity index (χ3n) is 4.86. The number of benzene rings is 1. The maximum atomic E-state index is 12.5. The van der Waals surface area contributed by atoms with Crippen molar-refractivity contribution in [2.24, 2.45) is 11.8 Å². The molecular formula is C17H25ClN2O3. The van der Waals surface area contributed by atoms with Crippen LogP contribution in [0.4, 0.5) is 0 Å². The lowest BCUT2D eigenvalue weighted by Crippen LogP contribution is -2.44. The maximum absolute atomic E-state index is 12.5. The van der Waals surface area contributed by atoms with E-state index in [0.29, 0.717) is 23.8 Å². The molecule has 2 atom stereocenters. The van der Waals surface area contributed by atoms with Crippen LogP contribution in [0.2, 0.25) is 0 Å². The average Bonchev–Trinajstić information content (AvgIpc) is 3.02. The van der Waals surface area contributed by atoms with Crippen LogP contribution >= 0.6 is 12.4 Å². The van der Waals surface area contributed by atoms with Gasteiger partial charge in [0.25, 0.3) is 0 Å². The number of fused-ring (bicyclic) bond motifs is 1. The van der Waals surface area contributed by atoms with Crippen LogP contribution < -0.4 is 14.8 Å². The molecule has 23 heavy (non-hydrogen) atoms. The molecule has 0 saturated carbocycles. The first-order valence-electron chi connectivity index (χ1n) is 7.90. The molecule has 5 nitrogen and oxygen atoms in total. The first-order chi connectivity index (χ1) is 10.7. The Labute approximate surface area is 143 Å². The number of rotatable bonds is 4. The maximum Gasteiger partial charge on any atom is 0.227 e. The fourth-order valence-electron chi connectivity index (χ4n) is 3.54. The minimum Gasteiger partial charge on any atom is -0.493 e. The molecule has 0 radical (unpaired) electrons. The molecule has 0 bridgehead atoms. The van der Waals surface area contributed by atoms with E-state index in [1.54, 1.807) is 14.2 Å². The lowest BCUT2D eigenvalue weighted by molar-refractivity contribution is -0.132. The Balaban J connectivity index is 0.00000192. The molecule has 1 amide bonds. The van der Waals surface area contributed by atoms with Gasteiger partial charge >= 0.3 is 0 Å². The van der Waals surface area contributed by atoms with Crippen LogP contribution in [-0.2, 0) is 11.2 Å². The third kappa shape index (κ3) is 3.90.